The molecule has 3 aromatic rings. The zero-order valence-corrected chi connectivity index (χ0v) is 16.5. The van der Waals surface area contributed by atoms with E-state index in [-0.39, 0.29) is 6.03 Å². The van der Waals surface area contributed by atoms with Crippen molar-refractivity contribution < 1.29 is 4.79 Å². The van der Waals surface area contributed by atoms with Crippen LogP contribution in [0.2, 0.25) is 0 Å². The molecule has 0 spiro atoms. The zero-order chi connectivity index (χ0) is 18.8. The Morgan fingerprint density at radius 2 is 1.96 bits per heavy atom. The molecule has 3 heterocycles. The first kappa shape index (κ1) is 17.8. The van der Waals surface area contributed by atoms with Crippen molar-refractivity contribution in [2.24, 2.45) is 0 Å². The predicted molar refractivity (Wildman–Crippen MR) is 109 cm³/mol. The summed E-state index contributed by atoms with van der Waals surface area (Å²) in [6.45, 7) is 8.42. The topological polar surface area (TPSA) is 66.3 Å². The van der Waals surface area contributed by atoms with Gasteiger partial charge in [0.25, 0.3) is 0 Å². The fourth-order valence-electron chi connectivity index (χ4n) is 3.39. The van der Waals surface area contributed by atoms with Gasteiger partial charge >= 0.3 is 6.03 Å². The number of aromatic nitrogens is 3. The lowest BCUT2D eigenvalue weighted by Gasteiger charge is -2.35. The Morgan fingerprint density at radius 3 is 2.70 bits per heavy atom. The van der Waals surface area contributed by atoms with Crippen molar-refractivity contribution in [3.05, 3.63) is 42.0 Å². The standard InChI is InChI=1S/C19H24N6OS/c1-14-15(2)25(13-21-14)8-7-20-19(26)24-11-9-23(10-12-24)18-16-5-3-4-6-17(16)27-22-18/h3-6,13H,7-12H2,1-2H3,(H,20,26). The number of rotatable bonds is 4. The van der Waals surface area contributed by atoms with Gasteiger partial charge in [0.1, 0.15) is 5.82 Å². The summed E-state index contributed by atoms with van der Waals surface area (Å²) in [5, 5.41) is 4.22. The molecule has 0 atom stereocenters. The highest BCUT2D eigenvalue weighted by Gasteiger charge is 2.23. The largest absolute Gasteiger partial charge is 0.352 e. The van der Waals surface area contributed by atoms with Crippen LogP contribution in [0.1, 0.15) is 11.4 Å². The normalized spacial score (nSPS) is 14.7. The Bertz CT molecular complexity index is 941. The molecule has 0 bridgehead atoms. The highest BCUT2D eigenvalue weighted by atomic mass is 32.1. The number of carbonyl (C=O) groups excluding carboxylic acids is 1. The van der Waals surface area contributed by atoms with E-state index in [2.05, 4.69) is 36.3 Å². The molecule has 0 unspecified atom stereocenters. The lowest BCUT2D eigenvalue weighted by molar-refractivity contribution is 0.194. The van der Waals surface area contributed by atoms with E-state index < -0.39 is 0 Å². The first-order chi connectivity index (χ1) is 13.1. The van der Waals surface area contributed by atoms with E-state index in [1.807, 2.05) is 37.2 Å². The number of piperazine rings is 1. The molecular formula is C19H24N6OS. The van der Waals surface area contributed by atoms with Crippen LogP contribution in [0.5, 0.6) is 0 Å². The van der Waals surface area contributed by atoms with Crippen LogP contribution in [0, 0.1) is 13.8 Å². The smallest absolute Gasteiger partial charge is 0.317 e. The van der Waals surface area contributed by atoms with Gasteiger partial charge in [-0.1, -0.05) is 12.1 Å². The number of carbonyl (C=O) groups is 1. The summed E-state index contributed by atoms with van der Waals surface area (Å²) in [7, 11) is 0. The van der Waals surface area contributed by atoms with Gasteiger partial charge < -0.3 is 19.7 Å². The average Bonchev–Trinajstić information content (AvgIpc) is 3.26. The second kappa shape index (κ2) is 7.56. The summed E-state index contributed by atoms with van der Waals surface area (Å²) >= 11 is 1.53. The second-order valence-electron chi connectivity index (χ2n) is 6.82. The molecule has 1 aliphatic rings. The Morgan fingerprint density at radius 1 is 1.19 bits per heavy atom. The van der Waals surface area contributed by atoms with Crippen LogP contribution in [0.15, 0.2) is 30.6 Å². The van der Waals surface area contributed by atoms with E-state index in [0.717, 1.165) is 36.8 Å². The fraction of sp³-hybridized carbons (Fsp3) is 0.421. The van der Waals surface area contributed by atoms with Crippen molar-refractivity contribution in [2.75, 3.05) is 37.6 Å². The molecule has 0 aliphatic carbocycles. The number of hydrogen-bond acceptors (Lipinski definition) is 5. The van der Waals surface area contributed by atoms with Crippen LogP contribution in [0.25, 0.3) is 10.1 Å². The number of benzene rings is 1. The van der Waals surface area contributed by atoms with Crippen LogP contribution < -0.4 is 10.2 Å². The molecule has 1 saturated heterocycles. The van der Waals surface area contributed by atoms with E-state index >= 15 is 0 Å². The average molecular weight is 385 g/mol. The maximum atomic E-state index is 12.4. The summed E-state index contributed by atoms with van der Waals surface area (Å²) in [5.74, 6) is 1.04. The molecule has 1 aliphatic heterocycles. The summed E-state index contributed by atoms with van der Waals surface area (Å²) in [4.78, 5) is 20.9. The molecule has 27 heavy (non-hydrogen) atoms. The van der Waals surface area contributed by atoms with Crippen LogP contribution in [0.3, 0.4) is 0 Å². The fourth-order valence-corrected chi connectivity index (χ4v) is 4.18. The number of anilines is 1. The monoisotopic (exact) mass is 384 g/mol. The van der Waals surface area contributed by atoms with Crippen molar-refractivity contribution in [1.82, 2.24) is 24.1 Å². The summed E-state index contributed by atoms with van der Waals surface area (Å²) < 4.78 is 7.90. The van der Waals surface area contributed by atoms with Crippen molar-refractivity contribution in [1.29, 1.82) is 0 Å². The highest BCUT2D eigenvalue weighted by Crippen LogP contribution is 2.29. The van der Waals surface area contributed by atoms with Crippen molar-refractivity contribution >= 4 is 33.5 Å². The second-order valence-corrected chi connectivity index (χ2v) is 7.62. The van der Waals surface area contributed by atoms with Crippen molar-refractivity contribution in [2.45, 2.75) is 20.4 Å². The third-order valence-electron chi connectivity index (χ3n) is 5.20. The van der Waals surface area contributed by atoms with E-state index in [1.165, 1.54) is 21.6 Å². The maximum absolute atomic E-state index is 12.4. The molecule has 1 fully saturated rings. The minimum atomic E-state index is 0.00674. The first-order valence-corrected chi connectivity index (χ1v) is 10.0. The van der Waals surface area contributed by atoms with Gasteiger partial charge in [0, 0.05) is 50.3 Å². The number of nitrogens with zero attached hydrogens (tertiary/aromatic N) is 5. The van der Waals surface area contributed by atoms with Gasteiger partial charge in [-0.3, -0.25) is 0 Å². The number of aryl methyl sites for hydroxylation is 1. The molecule has 7 nitrogen and oxygen atoms in total. The van der Waals surface area contributed by atoms with Crippen LogP contribution in [-0.2, 0) is 6.54 Å². The third-order valence-corrected chi connectivity index (χ3v) is 6.02. The number of hydrogen-bond donors (Lipinski definition) is 1. The minimum absolute atomic E-state index is 0.00674. The lowest BCUT2D eigenvalue weighted by Crippen LogP contribution is -2.52. The van der Waals surface area contributed by atoms with Crippen LogP contribution in [0.4, 0.5) is 10.6 Å². The van der Waals surface area contributed by atoms with Gasteiger partial charge in [0.2, 0.25) is 0 Å². The number of imidazole rings is 1. The van der Waals surface area contributed by atoms with Gasteiger partial charge in [-0.15, -0.1) is 0 Å². The maximum Gasteiger partial charge on any atom is 0.317 e. The molecule has 4 rings (SSSR count). The quantitative estimate of drug-likeness (QED) is 0.751. The molecule has 0 radical (unpaired) electrons. The van der Waals surface area contributed by atoms with E-state index in [0.29, 0.717) is 19.6 Å². The van der Waals surface area contributed by atoms with Crippen molar-refractivity contribution in [3.63, 3.8) is 0 Å². The van der Waals surface area contributed by atoms with E-state index in [1.54, 1.807) is 0 Å². The number of fused-ring (bicyclic) bond motifs is 1. The molecule has 2 aromatic heterocycles. The van der Waals surface area contributed by atoms with Gasteiger partial charge in [0.05, 0.1) is 16.7 Å². The Labute approximate surface area is 162 Å². The third kappa shape index (κ3) is 3.62. The van der Waals surface area contributed by atoms with E-state index in [4.69, 9.17) is 0 Å². The van der Waals surface area contributed by atoms with Gasteiger partial charge in [-0.05, 0) is 37.5 Å². The molecule has 142 valence electrons. The number of urea groups is 1. The summed E-state index contributed by atoms with van der Waals surface area (Å²) in [6.07, 6.45) is 1.83. The van der Waals surface area contributed by atoms with Gasteiger partial charge in [-0.25, -0.2) is 9.78 Å². The van der Waals surface area contributed by atoms with E-state index in [9.17, 15) is 4.79 Å². The molecule has 0 saturated carbocycles. The lowest BCUT2D eigenvalue weighted by atomic mass is 10.2. The van der Waals surface area contributed by atoms with Gasteiger partial charge in [0.15, 0.2) is 0 Å². The SMILES string of the molecule is Cc1ncn(CCNC(=O)N2CCN(c3nsc4ccccc34)CC2)c1C. The molecular weight excluding hydrogens is 360 g/mol. The Balaban J connectivity index is 1.28. The number of nitrogens with one attached hydrogen (secondary N) is 1. The molecule has 2 amide bonds. The molecule has 1 aromatic carbocycles. The first-order valence-electron chi connectivity index (χ1n) is 9.24. The minimum Gasteiger partial charge on any atom is -0.352 e. The molecule has 8 heteroatoms. The van der Waals surface area contributed by atoms with Crippen LogP contribution >= 0.6 is 11.5 Å². The highest BCUT2D eigenvalue weighted by molar-refractivity contribution is 7.13. The zero-order valence-electron chi connectivity index (χ0n) is 15.7. The Hall–Kier alpha value is -2.61. The van der Waals surface area contributed by atoms with Gasteiger partial charge in [-0.2, -0.15) is 4.37 Å². The van der Waals surface area contributed by atoms with Crippen molar-refractivity contribution in [3.8, 4) is 0 Å². The number of amides is 2. The Kier molecular flexibility index (Phi) is 4.98. The summed E-state index contributed by atoms with van der Waals surface area (Å²) in [5.41, 5.74) is 2.18. The summed E-state index contributed by atoms with van der Waals surface area (Å²) in [6, 6.07) is 8.32. The molecule has 1 N–H and O–H groups in total. The predicted octanol–water partition coefficient (Wildman–Crippen LogP) is 2.64. The van der Waals surface area contributed by atoms with Crippen LogP contribution in [-0.4, -0.2) is 57.6 Å².